The third kappa shape index (κ3) is 5.47. The molecular weight excluding hydrogens is 398 g/mol. The molecule has 1 aromatic carbocycles. The van der Waals surface area contributed by atoms with Gasteiger partial charge in [-0.15, -0.1) is 12.4 Å². The SMILES string of the molecule is CC(C)CNS(=O)(=O)c1ccc(C(=O)NC2C3CCCC2CC(N)C3)cc1.Cl. The number of carbonyl (C=O) groups excluding carboxylic acids is 1. The molecule has 0 spiro atoms. The van der Waals surface area contributed by atoms with Crippen molar-refractivity contribution in [1.82, 2.24) is 10.0 Å². The standard InChI is InChI=1S/C20H31N3O3S.ClH/c1-13(2)12-22-27(25,26)18-8-6-14(7-9-18)20(24)23-19-15-4-3-5-16(19)11-17(21)10-15;/h6-9,13,15-17,19,22H,3-5,10-12,21H2,1-2H3,(H,23,24);1H. The van der Waals surface area contributed by atoms with Gasteiger partial charge in [0.15, 0.2) is 0 Å². The van der Waals surface area contributed by atoms with Gasteiger partial charge in [-0.25, -0.2) is 13.1 Å². The highest BCUT2D eigenvalue weighted by Gasteiger charge is 2.39. The average molecular weight is 430 g/mol. The van der Waals surface area contributed by atoms with Crippen molar-refractivity contribution in [2.45, 2.75) is 62.9 Å². The first kappa shape index (κ1) is 23.1. The van der Waals surface area contributed by atoms with Crippen LogP contribution in [-0.2, 0) is 10.0 Å². The minimum Gasteiger partial charge on any atom is -0.349 e. The molecule has 158 valence electrons. The van der Waals surface area contributed by atoms with Crippen LogP contribution in [0.15, 0.2) is 29.2 Å². The van der Waals surface area contributed by atoms with Gasteiger partial charge in [-0.1, -0.05) is 20.3 Å². The number of rotatable bonds is 6. The van der Waals surface area contributed by atoms with Gasteiger partial charge in [0.1, 0.15) is 0 Å². The lowest BCUT2D eigenvalue weighted by molar-refractivity contribution is 0.0756. The van der Waals surface area contributed by atoms with E-state index in [1.165, 1.54) is 18.6 Å². The van der Waals surface area contributed by atoms with Crippen LogP contribution in [0.25, 0.3) is 0 Å². The maximum absolute atomic E-state index is 12.7. The van der Waals surface area contributed by atoms with E-state index in [0.29, 0.717) is 23.9 Å². The van der Waals surface area contributed by atoms with E-state index >= 15 is 0 Å². The molecule has 0 aliphatic heterocycles. The van der Waals surface area contributed by atoms with Crippen molar-refractivity contribution in [3.05, 3.63) is 29.8 Å². The molecule has 28 heavy (non-hydrogen) atoms. The predicted molar refractivity (Wildman–Crippen MR) is 113 cm³/mol. The Bertz CT molecular complexity index is 753. The van der Waals surface area contributed by atoms with Crippen LogP contribution in [0.2, 0.25) is 0 Å². The Labute approximate surface area is 174 Å². The Kier molecular flexibility index (Phi) is 7.90. The van der Waals surface area contributed by atoms with Gasteiger partial charge in [0.05, 0.1) is 4.90 Å². The van der Waals surface area contributed by atoms with Gasteiger partial charge in [0.2, 0.25) is 10.0 Å². The summed E-state index contributed by atoms with van der Waals surface area (Å²) in [5, 5.41) is 3.20. The van der Waals surface area contributed by atoms with E-state index in [0.717, 1.165) is 25.7 Å². The summed E-state index contributed by atoms with van der Waals surface area (Å²) in [5.41, 5.74) is 6.65. The van der Waals surface area contributed by atoms with Gasteiger partial charge >= 0.3 is 0 Å². The summed E-state index contributed by atoms with van der Waals surface area (Å²) in [6.07, 6.45) is 5.40. The second-order valence-corrected chi connectivity index (χ2v) is 10.2. The second-order valence-electron chi connectivity index (χ2n) is 8.45. The maximum atomic E-state index is 12.7. The van der Waals surface area contributed by atoms with Crippen LogP contribution in [0.5, 0.6) is 0 Å². The van der Waals surface area contributed by atoms with E-state index < -0.39 is 10.0 Å². The van der Waals surface area contributed by atoms with E-state index in [4.69, 9.17) is 5.73 Å². The van der Waals surface area contributed by atoms with Crippen LogP contribution in [0.4, 0.5) is 0 Å². The Morgan fingerprint density at radius 3 is 2.25 bits per heavy atom. The third-order valence-electron chi connectivity index (χ3n) is 5.78. The Balaban J connectivity index is 0.00000280. The van der Waals surface area contributed by atoms with Gasteiger partial charge in [0.25, 0.3) is 5.91 Å². The lowest BCUT2D eigenvalue weighted by Gasteiger charge is -2.45. The summed E-state index contributed by atoms with van der Waals surface area (Å²) in [6, 6.07) is 6.59. The minimum atomic E-state index is -3.54. The van der Waals surface area contributed by atoms with Crippen LogP contribution >= 0.6 is 12.4 Å². The topological polar surface area (TPSA) is 101 Å². The number of fused-ring (bicyclic) bond motifs is 2. The van der Waals surface area contributed by atoms with Crippen LogP contribution in [0.3, 0.4) is 0 Å². The molecule has 0 aromatic heterocycles. The number of benzene rings is 1. The first-order chi connectivity index (χ1) is 12.8. The van der Waals surface area contributed by atoms with E-state index in [9.17, 15) is 13.2 Å². The van der Waals surface area contributed by atoms with E-state index in [2.05, 4.69) is 10.0 Å². The van der Waals surface area contributed by atoms with Crippen molar-refractivity contribution in [3.8, 4) is 0 Å². The summed E-state index contributed by atoms with van der Waals surface area (Å²) >= 11 is 0. The van der Waals surface area contributed by atoms with Crippen molar-refractivity contribution in [1.29, 1.82) is 0 Å². The summed E-state index contributed by atoms with van der Waals surface area (Å²) in [7, 11) is -3.54. The Morgan fingerprint density at radius 2 is 1.71 bits per heavy atom. The molecule has 1 aromatic rings. The zero-order valence-electron chi connectivity index (χ0n) is 16.6. The average Bonchev–Trinajstić information content (AvgIpc) is 2.61. The molecular formula is C20H32ClN3O3S. The van der Waals surface area contributed by atoms with Crippen molar-refractivity contribution in [2.24, 2.45) is 23.5 Å². The van der Waals surface area contributed by atoms with Crippen LogP contribution in [0, 0.1) is 17.8 Å². The van der Waals surface area contributed by atoms with Crippen molar-refractivity contribution in [2.75, 3.05) is 6.54 Å². The minimum absolute atomic E-state index is 0. The number of nitrogens with one attached hydrogen (secondary N) is 2. The number of amides is 1. The molecule has 0 saturated heterocycles. The Hall–Kier alpha value is -1.15. The largest absolute Gasteiger partial charge is 0.349 e. The molecule has 0 radical (unpaired) electrons. The zero-order valence-corrected chi connectivity index (χ0v) is 18.2. The van der Waals surface area contributed by atoms with Crippen molar-refractivity contribution >= 4 is 28.3 Å². The van der Waals surface area contributed by atoms with Gasteiger partial charge < -0.3 is 11.1 Å². The van der Waals surface area contributed by atoms with Crippen LogP contribution < -0.4 is 15.8 Å². The Morgan fingerprint density at radius 1 is 1.14 bits per heavy atom. The molecule has 2 aliphatic carbocycles. The number of halogens is 1. The number of hydrogen-bond acceptors (Lipinski definition) is 4. The normalized spacial score (nSPS) is 27.1. The lowest BCUT2D eigenvalue weighted by Crippen LogP contribution is -2.53. The molecule has 4 N–H and O–H groups in total. The van der Waals surface area contributed by atoms with Gasteiger partial charge in [-0.2, -0.15) is 0 Å². The molecule has 3 rings (SSSR count). The fraction of sp³-hybridized carbons (Fsp3) is 0.650. The summed E-state index contributed by atoms with van der Waals surface area (Å²) in [5.74, 6) is 1.01. The van der Waals surface area contributed by atoms with Crippen LogP contribution in [-0.4, -0.2) is 33.0 Å². The molecule has 0 heterocycles. The number of hydrogen-bond donors (Lipinski definition) is 3. The van der Waals surface area contributed by atoms with E-state index in [-0.39, 0.29) is 41.2 Å². The smallest absolute Gasteiger partial charge is 0.251 e. The van der Waals surface area contributed by atoms with E-state index in [1.54, 1.807) is 12.1 Å². The molecule has 2 atom stereocenters. The maximum Gasteiger partial charge on any atom is 0.251 e. The van der Waals surface area contributed by atoms with Gasteiger partial charge in [-0.3, -0.25) is 4.79 Å². The summed E-state index contributed by atoms with van der Waals surface area (Å²) < 4.78 is 27.1. The molecule has 2 unspecified atom stereocenters. The summed E-state index contributed by atoms with van der Waals surface area (Å²) in [6.45, 7) is 4.28. The van der Waals surface area contributed by atoms with Gasteiger partial charge in [0, 0.05) is 24.2 Å². The molecule has 2 fully saturated rings. The van der Waals surface area contributed by atoms with Gasteiger partial charge in [-0.05, 0) is 67.7 Å². The zero-order chi connectivity index (χ0) is 19.6. The first-order valence-electron chi connectivity index (χ1n) is 9.92. The van der Waals surface area contributed by atoms with Crippen LogP contribution in [0.1, 0.15) is 56.3 Å². The first-order valence-corrected chi connectivity index (χ1v) is 11.4. The highest BCUT2D eigenvalue weighted by molar-refractivity contribution is 7.89. The number of nitrogens with two attached hydrogens (primary N) is 1. The number of sulfonamides is 1. The molecule has 2 bridgehead atoms. The van der Waals surface area contributed by atoms with E-state index in [1.807, 2.05) is 13.8 Å². The molecule has 2 saturated carbocycles. The quantitative estimate of drug-likeness (QED) is 0.646. The monoisotopic (exact) mass is 429 g/mol. The predicted octanol–water partition coefficient (Wildman–Crippen LogP) is 2.68. The third-order valence-corrected chi connectivity index (χ3v) is 7.22. The number of carbonyl (C=O) groups is 1. The molecule has 2 aliphatic rings. The molecule has 1 amide bonds. The fourth-order valence-electron chi connectivity index (χ4n) is 4.40. The molecule has 8 heteroatoms. The second kappa shape index (κ2) is 9.57. The highest BCUT2D eigenvalue weighted by atomic mass is 35.5. The highest BCUT2D eigenvalue weighted by Crippen LogP contribution is 2.39. The molecule has 6 nitrogen and oxygen atoms in total. The van der Waals surface area contributed by atoms with Crippen molar-refractivity contribution in [3.63, 3.8) is 0 Å². The fourth-order valence-corrected chi connectivity index (χ4v) is 5.62. The summed E-state index contributed by atoms with van der Waals surface area (Å²) in [4.78, 5) is 12.9. The lowest BCUT2D eigenvalue weighted by atomic mass is 9.67. The van der Waals surface area contributed by atoms with Crippen molar-refractivity contribution < 1.29 is 13.2 Å².